The Hall–Kier alpha value is -1.40. The zero-order chi connectivity index (χ0) is 14.3. The van der Waals surface area contributed by atoms with E-state index in [1.54, 1.807) is 12.1 Å². The fraction of sp³-hybridized carbons (Fsp3) is 0.462. The molecule has 0 heterocycles. The smallest absolute Gasteiger partial charge is 0.251 e. The molecule has 1 rings (SSSR count). The molecule has 0 aliphatic heterocycles. The summed E-state index contributed by atoms with van der Waals surface area (Å²) in [4.78, 5) is 11.9. The first-order chi connectivity index (χ1) is 9.01. The lowest BCUT2D eigenvalue weighted by Crippen LogP contribution is -2.25. The predicted octanol–water partition coefficient (Wildman–Crippen LogP) is 1.51. The van der Waals surface area contributed by atoms with E-state index in [2.05, 4.69) is 17.0 Å². The van der Waals surface area contributed by atoms with Crippen molar-refractivity contribution < 1.29 is 13.2 Å². The number of sulfonamides is 1. The maximum absolute atomic E-state index is 11.8. The van der Waals surface area contributed by atoms with Crippen molar-refractivity contribution in [3.8, 4) is 0 Å². The summed E-state index contributed by atoms with van der Waals surface area (Å²) in [7, 11) is -2.17. The van der Waals surface area contributed by atoms with Gasteiger partial charge in [-0.25, -0.2) is 13.1 Å². The summed E-state index contributed by atoms with van der Waals surface area (Å²) in [6, 6.07) is 6.00. The molecule has 0 saturated heterocycles. The SMILES string of the molecule is CCCCCNC(=O)c1cccc(S(=O)(=O)NC)c1. The Morgan fingerprint density at radius 2 is 2.00 bits per heavy atom. The molecule has 0 saturated carbocycles. The normalized spacial score (nSPS) is 11.3. The van der Waals surface area contributed by atoms with Gasteiger partial charge in [-0.05, 0) is 31.7 Å². The molecule has 5 nitrogen and oxygen atoms in total. The molecule has 0 spiro atoms. The van der Waals surface area contributed by atoms with Gasteiger partial charge in [-0.3, -0.25) is 4.79 Å². The molecular formula is C13H20N2O3S. The third-order valence-corrected chi connectivity index (χ3v) is 4.15. The van der Waals surface area contributed by atoms with Gasteiger partial charge in [0.2, 0.25) is 10.0 Å². The molecule has 106 valence electrons. The first-order valence-electron chi connectivity index (χ1n) is 6.33. The number of amides is 1. The first kappa shape index (κ1) is 15.7. The molecule has 1 aromatic rings. The lowest BCUT2D eigenvalue weighted by Gasteiger charge is -2.07. The summed E-state index contributed by atoms with van der Waals surface area (Å²) in [6.45, 7) is 2.70. The number of hydrogen-bond donors (Lipinski definition) is 2. The number of nitrogens with one attached hydrogen (secondary N) is 2. The summed E-state index contributed by atoms with van der Waals surface area (Å²) < 4.78 is 25.5. The third-order valence-electron chi connectivity index (χ3n) is 2.74. The van der Waals surface area contributed by atoms with Crippen LogP contribution >= 0.6 is 0 Å². The quantitative estimate of drug-likeness (QED) is 0.745. The van der Waals surface area contributed by atoms with Crippen LogP contribution in [-0.4, -0.2) is 27.9 Å². The zero-order valence-corrected chi connectivity index (χ0v) is 12.1. The predicted molar refractivity (Wildman–Crippen MR) is 74.5 cm³/mol. The Morgan fingerprint density at radius 1 is 1.26 bits per heavy atom. The molecule has 0 unspecified atom stereocenters. The third kappa shape index (κ3) is 4.65. The highest BCUT2D eigenvalue weighted by Gasteiger charge is 2.13. The minimum atomic E-state index is -3.51. The lowest BCUT2D eigenvalue weighted by atomic mass is 10.2. The van der Waals surface area contributed by atoms with Crippen LogP contribution in [0.25, 0.3) is 0 Å². The van der Waals surface area contributed by atoms with Gasteiger partial charge in [0, 0.05) is 12.1 Å². The average Bonchev–Trinajstić information content (AvgIpc) is 2.43. The second-order valence-electron chi connectivity index (χ2n) is 4.20. The molecule has 0 aliphatic rings. The Bertz CT molecular complexity index is 526. The van der Waals surface area contributed by atoms with Crippen molar-refractivity contribution in [3.63, 3.8) is 0 Å². The largest absolute Gasteiger partial charge is 0.352 e. The van der Waals surface area contributed by atoms with Crippen LogP contribution < -0.4 is 10.0 Å². The maximum atomic E-state index is 11.8. The molecule has 0 atom stereocenters. The number of benzene rings is 1. The molecule has 1 amide bonds. The van der Waals surface area contributed by atoms with Gasteiger partial charge in [0.15, 0.2) is 0 Å². The van der Waals surface area contributed by atoms with Crippen molar-refractivity contribution >= 4 is 15.9 Å². The Labute approximate surface area is 114 Å². The first-order valence-corrected chi connectivity index (χ1v) is 7.81. The number of carbonyl (C=O) groups excluding carboxylic acids is 1. The summed E-state index contributed by atoms with van der Waals surface area (Å²) in [5.41, 5.74) is 0.354. The number of hydrogen-bond acceptors (Lipinski definition) is 3. The average molecular weight is 284 g/mol. The van der Waals surface area contributed by atoms with Gasteiger partial charge in [0.25, 0.3) is 5.91 Å². The minimum Gasteiger partial charge on any atom is -0.352 e. The standard InChI is InChI=1S/C13H20N2O3S/c1-3-4-5-9-15-13(16)11-7-6-8-12(10-11)19(17,18)14-2/h6-8,10,14H,3-5,9H2,1-2H3,(H,15,16). The van der Waals surface area contributed by atoms with Gasteiger partial charge in [0.1, 0.15) is 0 Å². The maximum Gasteiger partial charge on any atom is 0.251 e. The highest BCUT2D eigenvalue weighted by atomic mass is 32.2. The van der Waals surface area contributed by atoms with Crippen LogP contribution in [0.2, 0.25) is 0 Å². The van der Waals surface area contributed by atoms with Crippen molar-refractivity contribution in [2.45, 2.75) is 31.1 Å². The second-order valence-corrected chi connectivity index (χ2v) is 6.08. The Morgan fingerprint density at radius 3 is 2.63 bits per heavy atom. The van der Waals surface area contributed by atoms with E-state index < -0.39 is 10.0 Å². The Kier molecular flexibility index (Phi) is 5.98. The van der Waals surface area contributed by atoms with Crippen LogP contribution in [0, 0.1) is 0 Å². The minimum absolute atomic E-state index is 0.0937. The topological polar surface area (TPSA) is 75.3 Å². The van der Waals surface area contributed by atoms with E-state index in [1.807, 2.05) is 0 Å². The van der Waals surface area contributed by atoms with Crippen LogP contribution in [0.15, 0.2) is 29.2 Å². The van der Waals surface area contributed by atoms with E-state index in [1.165, 1.54) is 19.2 Å². The monoisotopic (exact) mass is 284 g/mol. The highest BCUT2D eigenvalue weighted by Crippen LogP contribution is 2.11. The van der Waals surface area contributed by atoms with Crippen LogP contribution in [0.5, 0.6) is 0 Å². The number of rotatable bonds is 7. The summed E-state index contributed by atoms with van der Waals surface area (Å²) in [5, 5.41) is 2.78. The lowest BCUT2D eigenvalue weighted by molar-refractivity contribution is 0.0952. The van der Waals surface area contributed by atoms with Gasteiger partial charge in [-0.1, -0.05) is 25.8 Å². The van der Waals surface area contributed by atoms with Crippen LogP contribution in [0.3, 0.4) is 0 Å². The van der Waals surface area contributed by atoms with E-state index in [0.717, 1.165) is 19.3 Å². The summed E-state index contributed by atoms with van der Waals surface area (Å²) in [6.07, 6.45) is 3.08. The number of carbonyl (C=O) groups is 1. The van der Waals surface area contributed by atoms with Crippen LogP contribution in [-0.2, 0) is 10.0 Å². The van der Waals surface area contributed by atoms with Crippen molar-refractivity contribution in [3.05, 3.63) is 29.8 Å². The van der Waals surface area contributed by atoms with Gasteiger partial charge < -0.3 is 5.32 Å². The van der Waals surface area contributed by atoms with Gasteiger partial charge in [-0.2, -0.15) is 0 Å². The zero-order valence-electron chi connectivity index (χ0n) is 11.3. The number of unbranched alkanes of at least 4 members (excludes halogenated alkanes) is 2. The van der Waals surface area contributed by atoms with E-state index in [0.29, 0.717) is 12.1 Å². The van der Waals surface area contributed by atoms with Crippen LogP contribution in [0.4, 0.5) is 0 Å². The van der Waals surface area contributed by atoms with Crippen molar-refractivity contribution in [1.29, 1.82) is 0 Å². The van der Waals surface area contributed by atoms with Crippen molar-refractivity contribution in [2.24, 2.45) is 0 Å². The van der Waals surface area contributed by atoms with E-state index in [-0.39, 0.29) is 10.8 Å². The molecule has 19 heavy (non-hydrogen) atoms. The van der Waals surface area contributed by atoms with Crippen molar-refractivity contribution in [1.82, 2.24) is 10.0 Å². The van der Waals surface area contributed by atoms with Crippen molar-refractivity contribution in [2.75, 3.05) is 13.6 Å². The molecule has 0 radical (unpaired) electrons. The highest BCUT2D eigenvalue weighted by molar-refractivity contribution is 7.89. The molecule has 0 fully saturated rings. The second kappa shape index (κ2) is 7.25. The molecule has 0 aliphatic carbocycles. The fourth-order valence-electron chi connectivity index (χ4n) is 1.60. The van der Waals surface area contributed by atoms with Crippen LogP contribution in [0.1, 0.15) is 36.5 Å². The Balaban J connectivity index is 2.74. The molecule has 6 heteroatoms. The molecule has 0 bridgehead atoms. The molecular weight excluding hydrogens is 264 g/mol. The van der Waals surface area contributed by atoms with Gasteiger partial charge in [-0.15, -0.1) is 0 Å². The fourth-order valence-corrected chi connectivity index (χ4v) is 2.38. The molecule has 2 N–H and O–H groups in total. The van der Waals surface area contributed by atoms with E-state index in [9.17, 15) is 13.2 Å². The molecule has 1 aromatic carbocycles. The summed E-state index contributed by atoms with van der Waals surface area (Å²) >= 11 is 0. The van der Waals surface area contributed by atoms with E-state index >= 15 is 0 Å². The summed E-state index contributed by atoms with van der Waals surface area (Å²) in [5.74, 6) is -0.246. The van der Waals surface area contributed by atoms with Gasteiger partial charge >= 0.3 is 0 Å². The van der Waals surface area contributed by atoms with Gasteiger partial charge in [0.05, 0.1) is 4.90 Å². The van der Waals surface area contributed by atoms with E-state index in [4.69, 9.17) is 0 Å². The molecule has 0 aromatic heterocycles.